The lowest BCUT2D eigenvalue weighted by molar-refractivity contribution is 0.101. The molecule has 114 valence electrons. The minimum atomic E-state index is -0.0328. The number of aromatic nitrogens is 1. The Morgan fingerprint density at radius 1 is 1.36 bits per heavy atom. The number of nitrogens with zero attached hydrogens (tertiary/aromatic N) is 1. The van der Waals surface area contributed by atoms with E-state index in [1.54, 1.807) is 12.3 Å². The van der Waals surface area contributed by atoms with Crippen LogP contribution in [0.3, 0.4) is 0 Å². The number of hydrogen-bond acceptors (Lipinski definition) is 4. The van der Waals surface area contributed by atoms with Gasteiger partial charge in [-0.15, -0.1) is 0 Å². The third-order valence-corrected chi connectivity index (χ3v) is 4.51. The van der Waals surface area contributed by atoms with E-state index in [2.05, 4.69) is 10.3 Å². The molecule has 0 saturated heterocycles. The summed E-state index contributed by atoms with van der Waals surface area (Å²) < 4.78 is 0.682. The first-order chi connectivity index (χ1) is 10.5. The molecule has 1 aromatic carbocycles. The highest BCUT2D eigenvalue weighted by Crippen LogP contribution is 2.22. The number of carbonyl (C=O) groups excluding carboxylic acids is 1. The van der Waals surface area contributed by atoms with Crippen molar-refractivity contribution in [3.8, 4) is 0 Å². The molecule has 6 heteroatoms. The highest BCUT2D eigenvalue weighted by atomic mass is 35.5. The number of nitrogens with one attached hydrogen (secondary N) is 1. The zero-order valence-corrected chi connectivity index (χ0v) is 14.6. The van der Waals surface area contributed by atoms with Gasteiger partial charge in [-0.25, -0.2) is 0 Å². The predicted octanol–water partition coefficient (Wildman–Crippen LogP) is 4.88. The summed E-state index contributed by atoms with van der Waals surface area (Å²) in [6.45, 7) is 3.48. The van der Waals surface area contributed by atoms with Crippen LogP contribution in [0.4, 0.5) is 5.69 Å². The van der Waals surface area contributed by atoms with Gasteiger partial charge < -0.3 is 5.32 Å². The van der Waals surface area contributed by atoms with Crippen LogP contribution in [0.5, 0.6) is 0 Å². The summed E-state index contributed by atoms with van der Waals surface area (Å²) in [7, 11) is 0. The smallest absolute Gasteiger partial charge is 0.178 e. The molecule has 0 fully saturated rings. The summed E-state index contributed by atoms with van der Waals surface area (Å²) in [4.78, 5) is 15.3. The van der Waals surface area contributed by atoms with Crippen molar-refractivity contribution in [2.75, 3.05) is 5.32 Å². The fraction of sp³-hybridized carbons (Fsp3) is 0.188. The van der Waals surface area contributed by atoms with Crippen LogP contribution in [0.15, 0.2) is 36.5 Å². The second-order valence-corrected chi connectivity index (χ2v) is 6.86. The van der Waals surface area contributed by atoms with E-state index in [1.165, 1.54) is 18.7 Å². The number of hydrogen-bond donors (Lipinski definition) is 1. The third-order valence-electron chi connectivity index (χ3n) is 2.98. The topological polar surface area (TPSA) is 42.0 Å². The molecule has 2 aromatic rings. The average molecular weight is 351 g/mol. The van der Waals surface area contributed by atoms with Gasteiger partial charge in [0.05, 0.1) is 0 Å². The van der Waals surface area contributed by atoms with E-state index in [4.69, 9.17) is 23.8 Å². The summed E-state index contributed by atoms with van der Waals surface area (Å²) in [5.41, 5.74) is 3.49. The van der Waals surface area contributed by atoms with Crippen molar-refractivity contribution < 1.29 is 4.79 Å². The summed E-state index contributed by atoms with van der Waals surface area (Å²) in [5.74, 6) is 0.665. The second-order valence-electron chi connectivity index (χ2n) is 4.77. The lowest BCUT2D eigenvalue weighted by Gasteiger charge is -2.10. The molecule has 1 N–H and O–H groups in total. The zero-order valence-electron chi connectivity index (χ0n) is 12.2. The molecule has 0 radical (unpaired) electrons. The molecule has 0 spiro atoms. The van der Waals surface area contributed by atoms with Gasteiger partial charge in [0.1, 0.15) is 10.0 Å². The number of Topliss-reactive ketones (excluding diaryl/α,β-unsaturated/α-hetero) is 1. The average Bonchev–Trinajstić information content (AvgIpc) is 2.48. The first-order valence-electron chi connectivity index (χ1n) is 6.61. The number of carbonyl (C=O) groups is 1. The minimum absolute atomic E-state index is 0.0328. The number of benzene rings is 1. The Kier molecular flexibility index (Phi) is 5.94. The van der Waals surface area contributed by atoms with Gasteiger partial charge in [-0.1, -0.05) is 41.6 Å². The van der Waals surface area contributed by atoms with Crippen LogP contribution in [0, 0.1) is 6.92 Å². The van der Waals surface area contributed by atoms with E-state index in [9.17, 15) is 4.79 Å². The van der Waals surface area contributed by atoms with Crippen LogP contribution in [0.1, 0.15) is 28.5 Å². The first kappa shape index (κ1) is 16.9. The van der Waals surface area contributed by atoms with Gasteiger partial charge in [-0.3, -0.25) is 9.78 Å². The summed E-state index contributed by atoms with van der Waals surface area (Å²) in [6, 6.07) is 9.26. The van der Waals surface area contributed by atoms with Crippen LogP contribution >= 0.6 is 35.6 Å². The van der Waals surface area contributed by atoms with Crippen LogP contribution < -0.4 is 5.32 Å². The Morgan fingerprint density at radius 2 is 2.14 bits per heavy atom. The first-order valence-corrected chi connectivity index (χ1v) is 8.38. The lowest BCUT2D eigenvalue weighted by atomic mass is 10.2. The van der Waals surface area contributed by atoms with Crippen molar-refractivity contribution in [1.82, 2.24) is 4.98 Å². The van der Waals surface area contributed by atoms with E-state index >= 15 is 0 Å². The van der Waals surface area contributed by atoms with E-state index in [0.717, 1.165) is 16.8 Å². The molecule has 0 aliphatic heterocycles. The maximum absolute atomic E-state index is 11.2. The monoisotopic (exact) mass is 350 g/mol. The Labute approximate surface area is 144 Å². The Hall–Kier alpha value is -1.43. The van der Waals surface area contributed by atoms with Gasteiger partial charge in [0.15, 0.2) is 5.78 Å². The van der Waals surface area contributed by atoms with Crippen molar-refractivity contribution in [3.05, 3.63) is 58.4 Å². The van der Waals surface area contributed by atoms with Crippen LogP contribution in [0.25, 0.3) is 0 Å². The van der Waals surface area contributed by atoms with Gasteiger partial charge in [0, 0.05) is 29.6 Å². The van der Waals surface area contributed by atoms with Crippen LogP contribution in [-0.2, 0) is 5.75 Å². The van der Waals surface area contributed by atoms with Gasteiger partial charge >= 0.3 is 0 Å². The molecule has 0 aliphatic carbocycles. The molecule has 1 aromatic heterocycles. The van der Waals surface area contributed by atoms with Gasteiger partial charge in [0.2, 0.25) is 0 Å². The van der Waals surface area contributed by atoms with E-state index in [0.29, 0.717) is 20.8 Å². The highest BCUT2D eigenvalue weighted by Gasteiger charge is 2.05. The molecular formula is C16H15ClN2OS2. The fourth-order valence-electron chi connectivity index (χ4n) is 1.78. The van der Waals surface area contributed by atoms with E-state index in [1.807, 2.05) is 31.2 Å². The van der Waals surface area contributed by atoms with Crippen molar-refractivity contribution in [2.45, 2.75) is 19.6 Å². The van der Waals surface area contributed by atoms with E-state index < -0.39 is 0 Å². The molecule has 0 amide bonds. The lowest BCUT2D eigenvalue weighted by Crippen LogP contribution is -2.06. The van der Waals surface area contributed by atoms with E-state index in [-0.39, 0.29) is 5.78 Å². The van der Waals surface area contributed by atoms with Crippen LogP contribution in [-0.4, -0.2) is 15.1 Å². The quantitative estimate of drug-likeness (QED) is 0.629. The molecule has 0 aliphatic rings. The summed E-state index contributed by atoms with van der Waals surface area (Å²) in [5, 5.41) is 3.91. The van der Waals surface area contributed by atoms with Gasteiger partial charge in [-0.2, -0.15) is 0 Å². The minimum Gasteiger partial charge on any atom is -0.341 e. The van der Waals surface area contributed by atoms with Crippen molar-refractivity contribution in [3.63, 3.8) is 0 Å². The summed E-state index contributed by atoms with van der Waals surface area (Å²) in [6.07, 6.45) is 1.71. The number of ketones is 1. The largest absolute Gasteiger partial charge is 0.341 e. The molecule has 0 saturated carbocycles. The number of pyridine rings is 1. The fourth-order valence-corrected chi connectivity index (χ4v) is 2.94. The standard InChI is InChI=1S/C16H15ClN2OS2/c1-10-7-13(17)4-6-14(10)19-16(21)22-9-12-3-5-15(11(2)20)18-8-12/h3-8H,9H2,1-2H3,(H,19,21). The Balaban J connectivity index is 1.91. The SMILES string of the molecule is CC(=O)c1ccc(CSC(=S)Nc2ccc(Cl)cc2C)cn1. The third kappa shape index (κ3) is 4.80. The molecule has 0 unspecified atom stereocenters. The normalized spacial score (nSPS) is 10.3. The van der Waals surface area contributed by atoms with Crippen molar-refractivity contribution in [1.29, 1.82) is 0 Å². The molecular weight excluding hydrogens is 336 g/mol. The molecule has 0 bridgehead atoms. The van der Waals surface area contributed by atoms with Gasteiger partial charge in [-0.05, 0) is 42.3 Å². The predicted molar refractivity (Wildman–Crippen MR) is 97.9 cm³/mol. The number of halogens is 1. The summed E-state index contributed by atoms with van der Waals surface area (Å²) >= 11 is 12.8. The number of aryl methyl sites for hydroxylation is 1. The van der Waals surface area contributed by atoms with Crippen molar-refractivity contribution >= 4 is 51.4 Å². The molecule has 2 rings (SSSR count). The molecule has 0 atom stereocenters. The zero-order chi connectivity index (χ0) is 16.1. The Morgan fingerprint density at radius 3 is 2.73 bits per heavy atom. The van der Waals surface area contributed by atoms with Crippen molar-refractivity contribution in [2.24, 2.45) is 0 Å². The molecule has 1 heterocycles. The maximum Gasteiger partial charge on any atom is 0.178 e. The Bertz CT molecular complexity index is 702. The van der Waals surface area contributed by atoms with Gasteiger partial charge in [0.25, 0.3) is 0 Å². The number of rotatable bonds is 4. The maximum atomic E-state index is 11.2. The number of thiocarbonyl (C=S) groups is 1. The number of anilines is 1. The second kappa shape index (κ2) is 7.72. The number of thioether (sulfide) groups is 1. The molecule has 22 heavy (non-hydrogen) atoms. The molecule has 3 nitrogen and oxygen atoms in total. The highest BCUT2D eigenvalue weighted by molar-refractivity contribution is 8.22. The van der Waals surface area contributed by atoms with Crippen LogP contribution in [0.2, 0.25) is 5.02 Å².